The molecule has 0 aliphatic carbocycles. The zero-order valence-electron chi connectivity index (χ0n) is 14.8. The molecule has 3 aromatic rings. The zero-order valence-corrected chi connectivity index (χ0v) is 17.2. The van der Waals surface area contributed by atoms with Crippen molar-refractivity contribution in [2.24, 2.45) is 0 Å². The summed E-state index contributed by atoms with van der Waals surface area (Å²) in [6.07, 6.45) is 0.0640. The molecule has 1 atom stereocenters. The molecule has 4 rings (SSSR count). The van der Waals surface area contributed by atoms with Crippen molar-refractivity contribution in [3.8, 4) is 0 Å². The van der Waals surface area contributed by atoms with Gasteiger partial charge in [-0.2, -0.15) is 4.31 Å². The van der Waals surface area contributed by atoms with Gasteiger partial charge >= 0.3 is 0 Å². The van der Waals surface area contributed by atoms with Crippen LogP contribution >= 0.6 is 23.2 Å². The molecule has 0 saturated heterocycles. The maximum atomic E-state index is 13.4. The van der Waals surface area contributed by atoms with Crippen LogP contribution in [0, 0.1) is 0 Å². The van der Waals surface area contributed by atoms with E-state index in [1.807, 2.05) is 42.5 Å². The van der Waals surface area contributed by atoms with Crippen molar-refractivity contribution in [2.75, 3.05) is 11.9 Å². The van der Waals surface area contributed by atoms with Gasteiger partial charge in [-0.25, -0.2) is 8.42 Å². The van der Waals surface area contributed by atoms with Gasteiger partial charge in [-0.15, -0.1) is 0 Å². The number of sulfonamides is 1. The predicted molar refractivity (Wildman–Crippen MR) is 113 cm³/mol. The summed E-state index contributed by atoms with van der Waals surface area (Å²) < 4.78 is 28.2. The lowest BCUT2D eigenvalue weighted by atomic mass is 10.1. The molecule has 0 fully saturated rings. The molecule has 0 bridgehead atoms. The molecule has 144 valence electrons. The van der Waals surface area contributed by atoms with Crippen molar-refractivity contribution in [1.29, 1.82) is 0 Å². The molecule has 0 saturated carbocycles. The SMILES string of the molecule is O=S1(=O)c2ccccc2NC(c2ccc(Cl)cc2)N1CCc1ccc(Cl)cc1. The number of fused-ring (bicyclic) bond motifs is 1. The van der Waals surface area contributed by atoms with Gasteiger partial charge in [-0.1, -0.05) is 59.6 Å². The number of nitrogens with one attached hydrogen (secondary N) is 1. The van der Waals surface area contributed by atoms with Crippen molar-refractivity contribution < 1.29 is 8.42 Å². The van der Waals surface area contributed by atoms with E-state index < -0.39 is 16.2 Å². The molecule has 0 spiro atoms. The van der Waals surface area contributed by atoms with Crippen molar-refractivity contribution in [3.63, 3.8) is 0 Å². The van der Waals surface area contributed by atoms with Crippen LogP contribution in [0.1, 0.15) is 17.3 Å². The highest BCUT2D eigenvalue weighted by Crippen LogP contribution is 2.38. The summed E-state index contributed by atoms with van der Waals surface area (Å²) in [5.74, 6) is 0. The molecular formula is C21H18Cl2N2O2S. The predicted octanol–water partition coefficient (Wildman–Crippen LogP) is 5.35. The first-order valence-corrected chi connectivity index (χ1v) is 11.0. The van der Waals surface area contributed by atoms with Crippen LogP contribution in [0.3, 0.4) is 0 Å². The Morgan fingerprint density at radius 3 is 2.14 bits per heavy atom. The molecule has 0 amide bonds. The largest absolute Gasteiger partial charge is 0.364 e. The number of para-hydroxylation sites is 1. The van der Waals surface area contributed by atoms with Gasteiger partial charge in [0.2, 0.25) is 10.0 Å². The number of hydrogen-bond donors (Lipinski definition) is 1. The Bertz CT molecular complexity index is 1080. The van der Waals surface area contributed by atoms with Crippen molar-refractivity contribution in [3.05, 3.63) is 94.0 Å². The molecule has 4 nitrogen and oxygen atoms in total. The average Bonchev–Trinajstić information content (AvgIpc) is 2.69. The second-order valence-corrected chi connectivity index (χ2v) is 9.32. The molecule has 0 radical (unpaired) electrons. The van der Waals surface area contributed by atoms with Gasteiger partial charge in [0.1, 0.15) is 11.1 Å². The Kier molecular flexibility index (Phi) is 5.34. The summed E-state index contributed by atoms with van der Waals surface area (Å²) in [4.78, 5) is 0.288. The zero-order chi connectivity index (χ0) is 19.7. The summed E-state index contributed by atoms with van der Waals surface area (Å²) in [7, 11) is -3.66. The lowest BCUT2D eigenvalue weighted by Gasteiger charge is -2.37. The molecule has 0 aromatic heterocycles. The van der Waals surface area contributed by atoms with E-state index in [-0.39, 0.29) is 4.90 Å². The Labute approximate surface area is 174 Å². The topological polar surface area (TPSA) is 49.4 Å². The molecule has 1 heterocycles. The Morgan fingerprint density at radius 2 is 1.46 bits per heavy atom. The van der Waals surface area contributed by atoms with Crippen LogP contribution in [0.4, 0.5) is 5.69 Å². The number of nitrogens with zero attached hydrogens (tertiary/aromatic N) is 1. The number of benzene rings is 3. The molecule has 28 heavy (non-hydrogen) atoms. The normalized spacial score (nSPS) is 18.3. The fourth-order valence-corrected chi connectivity index (χ4v) is 5.27. The molecular weight excluding hydrogens is 415 g/mol. The number of hydrogen-bond acceptors (Lipinski definition) is 3. The highest BCUT2D eigenvalue weighted by Gasteiger charge is 2.38. The minimum absolute atomic E-state index is 0.288. The van der Waals surface area contributed by atoms with Gasteiger partial charge in [-0.05, 0) is 53.9 Å². The van der Waals surface area contributed by atoms with Gasteiger partial charge in [0.15, 0.2) is 0 Å². The summed E-state index contributed by atoms with van der Waals surface area (Å²) in [6.45, 7) is 0.332. The average molecular weight is 433 g/mol. The van der Waals surface area contributed by atoms with Gasteiger partial charge in [0.25, 0.3) is 0 Å². The van der Waals surface area contributed by atoms with Crippen molar-refractivity contribution >= 4 is 38.9 Å². The van der Waals surface area contributed by atoms with Gasteiger partial charge in [0.05, 0.1) is 5.69 Å². The lowest BCUT2D eigenvalue weighted by molar-refractivity contribution is 0.345. The first kappa shape index (κ1) is 19.3. The van der Waals surface area contributed by atoms with Crippen molar-refractivity contribution in [1.82, 2.24) is 4.31 Å². The first-order chi connectivity index (χ1) is 13.4. The second kappa shape index (κ2) is 7.76. The number of rotatable bonds is 4. The molecule has 1 N–H and O–H groups in total. The van der Waals surface area contributed by atoms with E-state index in [2.05, 4.69) is 5.32 Å². The van der Waals surface area contributed by atoms with Crippen LogP contribution in [0.15, 0.2) is 77.7 Å². The van der Waals surface area contributed by atoms with Crippen molar-refractivity contribution in [2.45, 2.75) is 17.5 Å². The van der Waals surface area contributed by atoms with E-state index in [0.29, 0.717) is 28.7 Å². The standard InChI is InChI=1S/C21H18Cl2N2O2S/c22-17-9-5-15(6-10-17)13-14-25-21(16-7-11-18(23)12-8-16)24-19-3-1-2-4-20(19)28(25,26)27/h1-12,21,24H,13-14H2. The smallest absolute Gasteiger partial charge is 0.247 e. The molecule has 3 aromatic carbocycles. The molecule has 7 heteroatoms. The van der Waals surface area contributed by atoms with E-state index in [1.165, 1.54) is 4.31 Å². The highest BCUT2D eigenvalue weighted by molar-refractivity contribution is 7.89. The molecule has 1 aliphatic heterocycles. The van der Waals surface area contributed by atoms with Crippen LogP contribution < -0.4 is 5.32 Å². The van der Waals surface area contributed by atoms with Gasteiger partial charge in [0, 0.05) is 16.6 Å². The third kappa shape index (κ3) is 3.76. The third-order valence-electron chi connectivity index (χ3n) is 4.77. The van der Waals surface area contributed by atoms with Crippen LogP contribution in [0.2, 0.25) is 10.0 Å². The van der Waals surface area contributed by atoms with Gasteiger partial charge in [-0.3, -0.25) is 0 Å². The Balaban J connectivity index is 1.71. The highest BCUT2D eigenvalue weighted by atomic mass is 35.5. The van der Waals surface area contributed by atoms with E-state index in [4.69, 9.17) is 23.2 Å². The Morgan fingerprint density at radius 1 is 0.857 bits per heavy atom. The monoisotopic (exact) mass is 432 g/mol. The third-order valence-corrected chi connectivity index (χ3v) is 7.20. The van der Waals surface area contributed by atoms with E-state index in [0.717, 1.165) is 11.1 Å². The van der Waals surface area contributed by atoms with Crippen LogP contribution in [-0.2, 0) is 16.4 Å². The fourth-order valence-electron chi connectivity index (χ4n) is 3.33. The van der Waals surface area contributed by atoms with E-state index in [9.17, 15) is 8.42 Å². The van der Waals surface area contributed by atoms with Gasteiger partial charge < -0.3 is 5.32 Å². The van der Waals surface area contributed by atoms with Crippen LogP contribution in [-0.4, -0.2) is 19.3 Å². The number of anilines is 1. The maximum absolute atomic E-state index is 13.4. The first-order valence-electron chi connectivity index (χ1n) is 8.82. The van der Waals surface area contributed by atoms with Crippen LogP contribution in [0.25, 0.3) is 0 Å². The summed E-state index contributed by atoms with van der Waals surface area (Å²) >= 11 is 12.0. The summed E-state index contributed by atoms with van der Waals surface area (Å²) in [5, 5.41) is 4.63. The summed E-state index contributed by atoms with van der Waals surface area (Å²) in [6, 6.07) is 21.6. The minimum Gasteiger partial charge on any atom is -0.364 e. The quantitative estimate of drug-likeness (QED) is 0.604. The minimum atomic E-state index is -3.66. The van der Waals surface area contributed by atoms with Crippen LogP contribution in [0.5, 0.6) is 0 Å². The lowest BCUT2D eigenvalue weighted by Crippen LogP contribution is -2.43. The number of halogens is 2. The molecule has 1 aliphatic rings. The fraction of sp³-hybridized carbons (Fsp3) is 0.143. The Hall–Kier alpha value is -2.05. The second-order valence-electron chi connectivity index (χ2n) is 6.59. The van der Waals surface area contributed by atoms with E-state index in [1.54, 1.807) is 30.3 Å². The summed E-state index contributed by atoms with van der Waals surface area (Å²) in [5.41, 5.74) is 2.46. The van der Waals surface area contributed by atoms with E-state index >= 15 is 0 Å². The maximum Gasteiger partial charge on any atom is 0.247 e. The molecule has 1 unspecified atom stereocenters.